The van der Waals surface area contributed by atoms with Gasteiger partial charge in [-0.3, -0.25) is 4.79 Å². The lowest BCUT2D eigenvalue weighted by molar-refractivity contribution is -0.129. The molecule has 0 bridgehead atoms. The average Bonchev–Trinajstić information content (AvgIpc) is 2.32. The Balaban J connectivity index is 2.67. The predicted molar refractivity (Wildman–Crippen MR) is 68.7 cm³/mol. The number of hydrogen-bond donors (Lipinski definition) is 3. The molecule has 17 heavy (non-hydrogen) atoms. The molecule has 0 radical (unpaired) electrons. The number of nitrogens with one attached hydrogen (secondary N) is 2. The van der Waals surface area contributed by atoms with E-state index in [-0.39, 0.29) is 12.5 Å². The van der Waals surface area contributed by atoms with Crippen LogP contribution in [0.3, 0.4) is 0 Å². The van der Waals surface area contributed by atoms with Crippen molar-refractivity contribution in [3.8, 4) is 0 Å². The Labute approximate surface area is 104 Å². The molecule has 0 saturated heterocycles. The van der Waals surface area contributed by atoms with Crippen LogP contribution in [0, 0.1) is 5.92 Å². The van der Waals surface area contributed by atoms with Gasteiger partial charge in [-0.2, -0.15) is 0 Å². The fourth-order valence-corrected chi connectivity index (χ4v) is 2.15. The molecule has 0 aromatic heterocycles. The highest BCUT2D eigenvalue weighted by Gasteiger charge is 2.38. The molecule has 0 aromatic carbocycles. The van der Waals surface area contributed by atoms with Gasteiger partial charge in [-0.1, -0.05) is 6.92 Å². The molecular formula is C13H26N2O2. The van der Waals surface area contributed by atoms with Gasteiger partial charge >= 0.3 is 0 Å². The number of amides is 1. The molecule has 1 rings (SSSR count). The molecule has 0 spiro atoms. The smallest absolute Gasteiger partial charge is 0.240 e. The quantitative estimate of drug-likeness (QED) is 0.690. The summed E-state index contributed by atoms with van der Waals surface area (Å²) in [5, 5.41) is 15.6. The number of rotatable bonds is 4. The Morgan fingerprint density at radius 3 is 2.35 bits per heavy atom. The highest BCUT2D eigenvalue weighted by Crippen LogP contribution is 2.31. The summed E-state index contributed by atoms with van der Waals surface area (Å²) in [6.07, 6.45) is 3.88. The third kappa shape index (κ3) is 3.42. The Bertz CT molecular complexity index is 269. The van der Waals surface area contributed by atoms with Gasteiger partial charge in [-0.25, -0.2) is 0 Å². The van der Waals surface area contributed by atoms with Crippen molar-refractivity contribution in [2.45, 2.75) is 57.5 Å². The van der Waals surface area contributed by atoms with Gasteiger partial charge in [0.25, 0.3) is 0 Å². The molecule has 0 aliphatic heterocycles. The lowest BCUT2D eigenvalue weighted by atomic mass is 9.77. The van der Waals surface area contributed by atoms with Crippen LogP contribution in [0.25, 0.3) is 0 Å². The highest BCUT2D eigenvalue weighted by molar-refractivity contribution is 5.86. The van der Waals surface area contributed by atoms with Crippen LogP contribution in [0.2, 0.25) is 0 Å². The summed E-state index contributed by atoms with van der Waals surface area (Å²) < 4.78 is 0. The van der Waals surface area contributed by atoms with E-state index in [1.54, 1.807) is 7.05 Å². The van der Waals surface area contributed by atoms with Gasteiger partial charge in [-0.15, -0.1) is 0 Å². The van der Waals surface area contributed by atoms with Gasteiger partial charge in [0.1, 0.15) is 0 Å². The second-order valence-electron chi connectivity index (χ2n) is 5.95. The number of carbonyl (C=O) groups excluding carboxylic acids is 1. The minimum atomic E-state index is -0.592. The maximum Gasteiger partial charge on any atom is 0.240 e. The summed E-state index contributed by atoms with van der Waals surface area (Å²) in [5.74, 6) is 0.660. The number of hydrogen-bond acceptors (Lipinski definition) is 3. The van der Waals surface area contributed by atoms with Crippen LogP contribution in [-0.2, 0) is 4.79 Å². The molecule has 1 saturated carbocycles. The van der Waals surface area contributed by atoms with E-state index in [1.165, 1.54) is 0 Å². The third-order valence-corrected chi connectivity index (χ3v) is 4.11. The fraction of sp³-hybridized carbons (Fsp3) is 0.923. The molecule has 1 aliphatic carbocycles. The van der Waals surface area contributed by atoms with Gasteiger partial charge in [0, 0.05) is 0 Å². The summed E-state index contributed by atoms with van der Waals surface area (Å²) in [6.45, 7) is 5.95. The van der Waals surface area contributed by atoms with E-state index in [4.69, 9.17) is 0 Å². The number of carbonyl (C=O) groups is 1. The van der Waals surface area contributed by atoms with Gasteiger partial charge in [0.15, 0.2) is 0 Å². The summed E-state index contributed by atoms with van der Waals surface area (Å²) in [5.41, 5.74) is -0.997. The number of aliphatic hydroxyl groups is 1. The molecule has 0 unspecified atom stereocenters. The predicted octanol–water partition coefficient (Wildman–Crippen LogP) is 1.04. The molecule has 1 aliphatic rings. The first-order valence-corrected chi connectivity index (χ1v) is 6.47. The van der Waals surface area contributed by atoms with Crippen LogP contribution >= 0.6 is 0 Å². The van der Waals surface area contributed by atoms with E-state index >= 15 is 0 Å². The van der Waals surface area contributed by atoms with Crippen molar-refractivity contribution in [3.63, 3.8) is 0 Å². The minimum absolute atomic E-state index is 0.0330. The van der Waals surface area contributed by atoms with E-state index < -0.39 is 11.1 Å². The zero-order valence-corrected chi connectivity index (χ0v) is 11.5. The maximum atomic E-state index is 12.1. The molecule has 0 heterocycles. The van der Waals surface area contributed by atoms with Crippen LogP contribution in [0.5, 0.6) is 0 Å². The van der Waals surface area contributed by atoms with Crippen molar-refractivity contribution < 1.29 is 9.90 Å². The Hall–Kier alpha value is -0.610. The second kappa shape index (κ2) is 5.36. The van der Waals surface area contributed by atoms with Gasteiger partial charge < -0.3 is 15.7 Å². The lowest BCUT2D eigenvalue weighted by Gasteiger charge is -2.40. The number of likely N-dealkylation sites (N-methyl/N-ethyl adjacent to an activating group) is 1. The molecule has 0 atom stereocenters. The number of aliphatic hydroxyl groups excluding tert-OH is 1. The largest absolute Gasteiger partial charge is 0.394 e. The fourth-order valence-electron chi connectivity index (χ4n) is 2.15. The standard InChI is InChI=1S/C13H26N2O2/c1-10-5-7-13(9-16,8-6-10)15-11(17)12(2,3)14-4/h10,14,16H,5-9H2,1-4H3,(H,15,17). The lowest BCUT2D eigenvalue weighted by Crippen LogP contribution is -2.61. The van der Waals surface area contributed by atoms with Gasteiger partial charge in [0.2, 0.25) is 5.91 Å². The third-order valence-electron chi connectivity index (χ3n) is 4.11. The summed E-state index contributed by atoms with van der Waals surface area (Å²) in [6, 6.07) is 0. The van der Waals surface area contributed by atoms with Crippen LogP contribution in [-0.4, -0.2) is 35.7 Å². The van der Waals surface area contributed by atoms with E-state index in [0.29, 0.717) is 5.92 Å². The average molecular weight is 242 g/mol. The first-order chi connectivity index (χ1) is 7.85. The van der Waals surface area contributed by atoms with Crippen molar-refractivity contribution in [1.29, 1.82) is 0 Å². The molecule has 0 aromatic rings. The second-order valence-corrected chi connectivity index (χ2v) is 5.95. The minimum Gasteiger partial charge on any atom is -0.394 e. The molecular weight excluding hydrogens is 216 g/mol. The topological polar surface area (TPSA) is 61.4 Å². The normalized spacial score (nSPS) is 30.1. The Morgan fingerprint density at radius 2 is 1.94 bits per heavy atom. The SMILES string of the molecule is CNC(C)(C)C(=O)NC1(CO)CCC(C)CC1. The highest BCUT2D eigenvalue weighted by atomic mass is 16.3. The van der Waals surface area contributed by atoms with Crippen molar-refractivity contribution in [2.75, 3.05) is 13.7 Å². The zero-order valence-electron chi connectivity index (χ0n) is 11.5. The first-order valence-electron chi connectivity index (χ1n) is 6.47. The van der Waals surface area contributed by atoms with Crippen LogP contribution in [0.1, 0.15) is 46.5 Å². The summed E-state index contributed by atoms with van der Waals surface area (Å²) in [7, 11) is 1.77. The van der Waals surface area contributed by atoms with Crippen molar-refractivity contribution >= 4 is 5.91 Å². The van der Waals surface area contributed by atoms with Crippen molar-refractivity contribution in [3.05, 3.63) is 0 Å². The Kier molecular flexibility index (Phi) is 4.55. The van der Waals surface area contributed by atoms with E-state index in [9.17, 15) is 9.90 Å². The van der Waals surface area contributed by atoms with Gasteiger partial charge in [0.05, 0.1) is 17.7 Å². The van der Waals surface area contributed by atoms with Crippen LogP contribution in [0.15, 0.2) is 0 Å². The van der Waals surface area contributed by atoms with Crippen molar-refractivity contribution in [1.82, 2.24) is 10.6 Å². The summed E-state index contributed by atoms with van der Waals surface area (Å²) in [4.78, 5) is 12.1. The summed E-state index contributed by atoms with van der Waals surface area (Å²) >= 11 is 0. The van der Waals surface area contributed by atoms with Crippen LogP contribution < -0.4 is 10.6 Å². The van der Waals surface area contributed by atoms with Gasteiger partial charge in [-0.05, 0) is 52.5 Å². The monoisotopic (exact) mass is 242 g/mol. The van der Waals surface area contributed by atoms with Crippen molar-refractivity contribution in [2.24, 2.45) is 5.92 Å². The molecule has 4 heteroatoms. The molecule has 3 N–H and O–H groups in total. The molecule has 1 fully saturated rings. The molecule has 1 amide bonds. The van der Waals surface area contributed by atoms with E-state index in [0.717, 1.165) is 25.7 Å². The zero-order chi connectivity index (χ0) is 13.1. The molecule has 100 valence electrons. The maximum absolute atomic E-state index is 12.1. The molecule has 4 nitrogen and oxygen atoms in total. The van der Waals surface area contributed by atoms with Crippen LogP contribution in [0.4, 0.5) is 0 Å². The Morgan fingerprint density at radius 1 is 1.41 bits per heavy atom. The van der Waals surface area contributed by atoms with E-state index in [1.807, 2.05) is 13.8 Å². The van der Waals surface area contributed by atoms with E-state index in [2.05, 4.69) is 17.6 Å². The first kappa shape index (κ1) is 14.5.